The van der Waals surface area contributed by atoms with Crippen molar-refractivity contribution in [2.45, 2.75) is 59.2 Å². The van der Waals surface area contributed by atoms with E-state index in [1.807, 2.05) is 6.92 Å². The van der Waals surface area contributed by atoms with Gasteiger partial charge >= 0.3 is 5.97 Å². The Hall–Kier alpha value is -0.610. The fourth-order valence-electron chi connectivity index (χ4n) is 1.75. The van der Waals surface area contributed by atoms with E-state index < -0.39 is 17.1 Å². The van der Waals surface area contributed by atoms with Crippen LogP contribution < -0.4 is 0 Å². The third-order valence-electron chi connectivity index (χ3n) is 3.11. The molecule has 0 aromatic rings. The summed E-state index contributed by atoms with van der Waals surface area (Å²) in [4.78, 5) is 11.5. The van der Waals surface area contributed by atoms with Crippen LogP contribution >= 0.6 is 0 Å². The minimum absolute atomic E-state index is 0.0240. The zero-order valence-corrected chi connectivity index (χ0v) is 11.8. The second kappa shape index (κ2) is 5.83. The lowest BCUT2D eigenvalue weighted by Crippen LogP contribution is -2.48. The first-order valence-corrected chi connectivity index (χ1v) is 6.11. The van der Waals surface area contributed by atoms with Crippen molar-refractivity contribution in [2.75, 3.05) is 6.61 Å². The van der Waals surface area contributed by atoms with Crippen molar-refractivity contribution in [1.82, 2.24) is 0 Å². The lowest BCUT2D eigenvalue weighted by Gasteiger charge is -2.37. The lowest BCUT2D eigenvalue weighted by molar-refractivity contribution is -0.160. The second-order valence-electron chi connectivity index (χ2n) is 5.80. The summed E-state index contributed by atoms with van der Waals surface area (Å²) in [5.41, 5.74) is -2.21. The molecule has 0 spiro atoms. The van der Waals surface area contributed by atoms with Gasteiger partial charge in [0.05, 0.1) is 23.7 Å². The van der Waals surface area contributed by atoms with Crippen molar-refractivity contribution in [3.8, 4) is 0 Å². The molecule has 0 aromatic carbocycles. The quantitative estimate of drug-likeness (QED) is 0.700. The van der Waals surface area contributed by atoms with E-state index in [0.717, 1.165) is 0 Å². The molecule has 0 heterocycles. The van der Waals surface area contributed by atoms with Crippen molar-refractivity contribution < 1.29 is 19.7 Å². The van der Waals surface area contributed by atoms with Gasteiger partial charge in [-0.2, -0.15) is 0 Å². The first kappa shape index (κ1) is 16.4. The minimum atomic E-state index is -1.10. The molecule has 0 radical (unpaired) electrons. The molecule has 0 aliphatic carbocycles. The number of hydrogen-bond donors (Lipinski definition) is 2. The van der Waals surface area contributed by atoms with Gasteiger partial charge in [-0.15, -0.1) is 0 Å². The van der Waals surface area contributed by atoms with Crippen molar-refractivity contribution in [2.24, 2.45) is 11.8 Å². The van der Waals surface area contributed by atoms with Gasteiger partial charge in [-0.25, -0.2) is 0 Å². The largest absolute Gasteiger partial charge is 0.465 e. The van der Waals surface area contributed by atoms with Gasteiger partial charge in [0.15, 0.2) is 0 Å². The summed E-state index contributed by atoms with van der Waals surface area (Å²) < 4.78 is 5.15. The molecule has 1 atom stereocenters. The van der Waals surface area contributed by atoms with E-state index in [4.69, 9.17) is 4.74 Å². The molecule has 4 heteroatoms. The van der Waals surface area contributed by atoms with Gasteiger partial charge in [-0.3, -0.25) is 4.79 Å². The van der Waals surface area contributed by atoms with E-state index in [1.165, 1.54) is 0 Å². The van der Waals surface area contributed by atoms with Crippen LogP contribution in [-0.4, -0.2) is 34.0 Å². The van der Waals surface area contributed by atoms with Crippen LogP contribution in [0.3, 0.4) is 0 Å². The predicted molar refractivity (Wildman–Crippen MR) is 66.5 cm³/mol. The maximum atomic E-state index is 11.5. The van der Waals surface area contributed by atoms with E-state index >= 15 is 0 Å². The number of carbonyl (C=O) groups excluding carboxylic acids is 1. The maximum absolute atomic E-state index is 11.5. The number of ether oxygens (including phenoxy) is 1. The Kier molecular flexibility index (Phi) is 5.62. The van der Waals surface area contributed by atoms with Crippen LogP contribution in [0.1, 0.15) is 48.0 Å². The van der Waals surface area contributed by atoms with Gasteiger partial charge in [0, 0.05) is 5.92 Å². The minimum Gasteiger partial charge on any atom is -0.465 e. The Morgan fingerprint density at radius 1 is 1.18 bits per heavy atom. The molecule has 0 saturated carbocycles. The molecule has 0 aliphatic rings. The predicted octanol–water partition coefficient (Wildman–Crippen LogP) is 1.73. The molecule has 0 saturated heterocycles. The average Bonchev–Trinajstić information content (AvgIpc) is 2.12. The van der Waals surface area contributed by atoms with Gasteiger partial charge in [0.1, 0.15) is 0 Å². The van der Waals surface area contributed by atoms with Crippen LogP contribution in [0.5, 0.6) is 0 Å². The average molecular weight is 246 g/mol. The number of carbonyl (C=O) groups is 1. The normalized spacial score (nSPS) is 14.9. The maximum Gasteiger partial charge on any atom is 0.308 e. The highest BCUT2D eigenvalue weighted by Crippen LogP contribution is 2.28. The van der Waals surface area contributed by atoms with Gasteiger partial charge in [-0.1, -0.05) is 13.8 Å². The Morgan fingerprint density at radius 2 is 1.59 bits per heavy atom. The zero-order chi connectivity index (χ0) is 13.9. The van der Waals surface area contributed by atoms with Crippen molar-refractivity contribution >= 4 is 5.97 Å². The summed E-state index contributed by atoms with van der Waals surface area (Å²) >= 11 is 0. The fourth-order valence-corrected chi connectivity index (χ4v) is 1.75. The van der Waals surface area contributed by atoms with Crippen molar-refractivity contribution in [1.29, 1.82) is 0 Å². The van der Waals surface area contributed by atoms with E-state index in [9.17, 15) is 15.0 Å². The zero-order valence-electron chi connectivity index (χ0n) is 11.8. The number of hydrogen-bond acceptors (Lipinski definition) is 4. The number of aliphatic hydroxyl groups is 2. The third-order valence-corrected chi connectivity index (χ3v) is 3.11. The Morgan fingerprint density at radius 3 is 1.88 bits per heavy atom. The topological polar surface area (TPSA) is 66.8 Å². The summed E-state index contributed by atoms with van der Waals surface area (Å²) in [5.74, 6) is -0.965. The molecule has 0 amide bonds. The lowest BCUT2D eigenvalue weighted by atomic mass is 9.79. The fraction of sp³-hybridized carbons (Fsp3) is 0.923. The standard InChI is InChI=1S/C13H26O4/c1-7-9(2)11(14)17-8-10(12(3,4)15)13(5,6)16/h9-10,15-16H,7-8H2,1-6H3. The van der Waals surface area contributed by atoms with Crippen LogP contribution in [0.15, 0.2) is 0 Å². The molecule has 0 rings (SSSR count). The molecule has 4 nitrogen and oxygen atoms in total. The SMILES string of the molecule is CCC(C)C(=O)OCC(C(C)(C)O)C(C)(C)O. The molecule has 17 heavy (non-hydrogen) atoms. The summed E-state index contributed by atoms with van der Waals surface area (Å²) in [6.45, 7) is 10.1. The monoisotopic (exact) mass is 246 g/mol. The van der Waals surface area contributed by atoms with E-state index in [1.54, 1.807) is 34.6 Å². The Balaban J connectivity index is 4.55. The van der Waals surface area contributed by atoms with Crippen LogP contribution in [0, 0.1) is 11.8 Å². The molecule has 0 fully saturated rings. The van der Waals surface area contributed by atoms with E-state index in [0.29, 0.717) is 6.42 Å². The molecular weight excluding hydrogens is 220 g/mol. The first-order valence-electron chi connectivity index (χ1n) is 6.11. The Bertz CT molecular complexity index is 233. The van der Waals surface area contributed by atoms with E-state index in [2.05, 4.69) is 0 Å². The Labute approximate surface area is 104 Å². The summed E-state index contributed by atoms with van der Waals surface area (Å²) in [6.07, 6.45) is 0.717. The molecule has 102 valence electrons. The molecule has 0 aliphatic heterocycles. The first-order chi connectivity index (χ1) is 7.50. The van der Waals surface area contributed by atoms with Crippen LogP contribution in [0.25, 0.3) is 0 Å². The van der Waals surface area contributed by atoms with Crippen LogP contribution in [0.2, 0.25) is 0 Å². The second-order valence-corrected chi connectivity index (χ2v) is 5.80. The number of rotatable bonds is 6. The molecular formula is C13H26O4. The summed E-state index contributed by atoms with van der Waals surface area (Å²) in [7, 11) is 0. The number of esters is 1. The van der Waals surface area contributed by atoms with Crippen LogP contribution in [-0.2, 0) is 9.53 Å². The van der Waals surface area contributed by atoms with Crippen LogP contribution in [0.4, 0.5) is 0 Å². The van der Waals surface area contributed by atoms with Crippen molar-refractivity contribution in [3.05, 3.63) is 0 Å². The third kappa shape index (κ3) is 5.50. The van der Waals surface area contributed by atoms with E-state index in [-0.39, 0.29) is 18.5 Å². The van der Waals surface area contributed by atoms with Gasteiger partial charge < -0.3 is 14.9 Å². The van der Waals surface area contributed by atoms with Crippen molar-refractivity contribution in [3.63, 3.8) is 0 Å². The smallest absolute Gasteiger partial charge is 0.308 e. The van der Waals surface area contributed by atoms with Gasteiger partial charge in [-0.05, 0) is 34.1 Å². The highest BCUT2D eigenvalue weighted by molar-refractivity contribution is 5.71. The van der Waals surface area contributed by atoms with Gasteiger partial charge in [0.25, 0.3) is 0 Å². The summed E-state index contributed by atoms with van der Waals surface area (Å²) in [6, 6.07) is 0. The molecule has 0 bridgehead atoms. The van der Waals surface area contributed by atoms with Gasteiger partial charge in [0.2, 0.25) is 0 Å². The highest BCUT2D eigenvalue weighted by Gasteiger charge is 2.39. The molecule has 2 N–H and O–H groups in total. The highest BCUT2D eigenvalue weighted by atomic mass is 16.5. The molecule has 1 unspecified atom stereocenters. The molecule has 0 aromatic heterocycles. The summed E-state index contributed by atoms with van der Waals surface area (Å²) in [5, 5.41) is 19.9.